The van der Waals surface area contributed by atoms with Crippen molar-refractivity contribution in [1.82, 2.24) is 5.32 Å². The molecule has 1 rings (SSSR count). The van der Waals surface area contributed by atoms with E-state index >= 15 is 0 Å². The second-order valence-electron chi connectivity index (χ2n) is 2.41. The summed E-state index contributed by atoms with van der Waals surface area (Å²) in [4.78, 5) is 11.3. The molecule has 1 aromatic rings. The first kappa shape index (κ1) is 11.0. The lowest BCUT2D eigenvalue weighted by molar-refractivity contribution is 0.0970. The van der Waals surface area contributed by atoms with E-state index in [0.717, 1.165) is 6.20 Å². The summed E-state index contributed by atoms with van der Waals surface area (Å²) in [6, 6.07) is 5.11. The van der Waals surface area contributed by atoms with Gasteiger partial charge in [-0.1, -0.05) is 23.2 Å². The second-order valence-corrected chi connectivity index (χ2v) is 3.42. The van der Waals surface area contributed by atoms with Crippen LogP contribution < -0.4 is 5.32 Å². The molecule has 0 atom stereocenters. The van der Waals surface area contributed by atoms with E-state index in [4.69, 9.17) is 23.2 Å². The Bertz CT molecular complexity index is 358. The SMILES string of the molecule is O=C(NC=C(Cl)Cl)c1ccc(F)cc1. The van der Waals surface area contributed by atoms with Crippen molar-refractivity contribution in [3.05, 3.63) is 46.3 Å². The maximum absolute atomic E-state index is 12.5. The van der Waals surface area contributed by atoms with Crippen LogP contribution >= 0.6 is 23.2 Å². The van der Waals surface area contributed by atoms with E-state index in [2.05, 4.69) is 5.32 Å². The maximum Gasteiger partial charge on any atom is 0.255 e. The van der Waals surface area contributed by atoms with Crippen molar-refractivity contribution in [1.29, 1.82) is 0 Å². The molecule has 0 aromatic heterocycles. The lowest BCUT2D eigenvalue weighted by Gasteiger charge is -1.99. The Balaban J connectivity index is 2.70. The van der Waals surface area contributed by atoms with Gasteiger partial charge in [-0.15, -0.1) is 0 Å². The van der Waals surface area contributed by atoms with Gasteiger partial charge in [0.05, 0.1) is 0 Å². The standard InChI is InChI=1S/C9H6Cl2FNO/c10-8(11)5-13-9(14)6-1-3-7(12)4-2-6/h1-5H,(H,13,14). The molecular formula is C9H6Cl2FNO. The Morgan fingerprint density at radius 3 is 2.36 bits per heavy atom. The van der Waals surface area contributed by atoms with E-state index < -0.39 is 11.7 Å². The molecule has 5 heteroatoms. The van der Waals surface area contributed by atoms with Crippen molar-refractivity contribution >= 4 is 29.1 Å². The summed E-state index contributed by atoms with van der Waals surface area (Å²) in [6.07, 6.45) is 1.15. The minimum absolute atomic E-state index is 0.0551. The second kappa shape index (κ2) is 4.98. The number of rotatable bonds is 2. The molecule has 0 bridgehead atoms. The van der Waals surface area contributed by atoms with Gasteiger partial charge in [0.25, 0.3) is 5.91 Å². The topological polar surface area (TPSA) is 29.1 Å². The van der Waals surface area contributed by atoms with Crippen molar-refractivity contribution < 1.29 is 9.18 Å². The highest BCUT2D eigenvalue weighted by atomic mass is 35.5. The van der Waals surface area contributed by atoms with Gasteiger partial charge in [-0.05, 0) is 24.3 Å². The zero-order valence-corrected chi connectivity index (χ0v) is 8.44. The fourth-order valence-electron chi connectivity index (χ4n) is 0.805. The monoisotopic (exact) mass is 233 g/mol. The summed E-state index contributed by atoms with van der Waals surface area (Å²) in [5, 5.41) is 2.33. The largest absolute Gasteiger partial charge is 0.326 e. The minimum Gasteiger partial charge on any atom is -0.326 e. The highest BCUT2D eigenvalue weighted by molar-refractivity contribution is 6.55. The van der Waals surface area contributed by atoms with E-state index in [1.54, 1.807) is 0 Å². The summed E-state index contributed by atoms with van der Waals surface area (Å²) in [5.74, 6) is -0.795. The highest BCUT2D eigenvalue weighted by Crippen LogP contribution is 2.05. The maximum atomic E-state index is 12.5. The molecule has 0 heterocycles. The van der Waals surface area contributed by atoms with Crippen molar-refractivity contribution in [3.8, 4) is 0 Å². The smallest absolute Gasteiger partial charge is 0.255 e. The van der Waals surface area contributed by atoms with Crippen molar-refractivity contribution in [3.63, 3.8) is 0 Å². The molecule has 0 saturated heterocycles. The number of benzene rings is 1. The van der Waals surface area contributed by atoms with E-state index in [1.165, 1.54) is 24.3 Å². The number of halogens is 3. The van der Waals surface area contributed by atoms with Gasteiger partial charge in [0.2, 0.25) is 0 Å². The van der Waals surface area contributed by atoms with E-state index in [9.17, 15) is 9.18 Å². The van der Waals surface area contributed by atoms with Gasteiger partial charge < -0.3 is 5.32 Å². The Morgan fingerprint density at radius 1 is 1.29 bits per heavy atom. The van der Waals surface area contributed by atoms with Crippen LogP contribution in [0.2, 0.25) is 0 Å². The summed E-state index contributed by atoms with van der Waals surface area (Å²) >= 11 is 10.6. The zero-order valence-electron chi connectivity index (χ0n) is 6.93. The van der Waals surface area contributed by atoms with Gasteiger partial charge in [-0.25, -0.2) is 4.39 Å². The van der Waals surface area contributed by atoms with Crippen LogP contribution in [0.3, 0.4) is 0 Å². The lowest BCUT2D eigenvalue weighted by atomic mass is 10.2. The van der Waals surface area contributed by atoms with Crippen LogP contribution in [0.25, 0.3) is 0 Å². The van der Waals surface area contributed by atoms with Crippen LogP contribution in [0.15, 0.2) is 35.0 Å². The summed E-state index contributed by atoms with van der Waals surface area (Å²) in [5.41, 5.74) is 0.331. The van der Waals surface area contributed by atoms with Crippen LogP contribution in [-0.4, -0.2) is 5.91 Å². The molecule has 0 aliphatic rings. The molecule has 0 aliphatic carbocycles. The Kier molecular flexibility index (Phi) is 3.92. The first-order valence-corrected chi connectivity index (χ1v) is 4.43. The van der Waals surface area contributed by atoms with Crippen molar-refractivity contribution in [2.75, 3.05) is 0 Å². The van der Waals surface area contributed by atoms with Crippen molar-refractivity contribution in [2.24, 2.45) is 0 Å². The zero-order chi connectivity index (χ0) is 10.6. The third-order valence-electron chi connectivity index (χ3n) is 1.42. The fraction of sp³-hybridized carbons (Fsp3) is 0. The number of amides is 1. The van der Waals surface area contributed by atoms with Crippen LogP contribution in [-0.2, 0) is 0 Å². The molecule has 74 valence electrons. The number of hydrogen-bond donors (Lipinski definition) is 1. The van der Waals surface area contributed by atoms with Gasteiger partial charge in [0, 0.05) is 11.8 Å². The quantitative estimate of drug-likeness (QED) is 0.837. The number of nitrogens with one attached hydrogen (secondary N) is 1. The average molecular weight is 234 g/mol. The van der Waals surface area contributed by atoms with Crippen molar-refractivity contribution in [2.45, 2.75) is 0 Å². The number of carbonyl (C=O) groups is 1. The number of hydrogen-bond acceptors (Lipinski definition) is 1. The van der Waals surface area contributed by atoms with Gasteiger partial charge in [-0.2, -0.15) is 0 Å². The van der Waals surface area contributed by atoms with Gasteiger partial charge >= 0.3 is 0 Å². The average Bonchev–Trinajstić information content (AvgIpc) is 2.15. The van der Waals surface area contributed by atoms with Crippen LogP contribution in [0.5, 0.6) is 0 Å². The first-order chi connectivity index (χ1) is 6.59. The highest BCUT2D eigenvalue weighted by Gasteiger charge is 2.02. The molecule has 1 N–H and O–H groups in total. The van der Waals surface area contributed by atoms with Crippen LogP contribution in [0.4, 0.5) is 4.39 Å². The predicted molar refractivity (Wildman–Crippen MR) is 53.7 cm³/mol. The lowest BCUT2D eigenvalue weighted by Crippen LogP contribution is -2.16. The molecule has 0 radical (unpaired) electrons. The van der Waals surface area contributed by atoms with Gasteiger partial charge in [0.1, 0.15) is 10.3 Å². The molecule has 0 spiro atoms. The van der Waals surface area contributed by atoms with Crippen LogP contribution in [0, 0.1) is 5.82 Å². The van der Waals surface area contributed by atoms with E-state index in [-0.39, 0.29) is 4.49 Å². The molecule has 0 aliphatic heterocycles. The molecule has 2 nitrogen and oxygen atoms in total. The summed E-state index contributed by atoms with van der Waals surface area (Å²) in [6.45, 7) is 0. The van der Waals surface area contributed by atoms with Gasteiger partial charge in [0.15, 0.2) is 0 Å². The molecular weight excluding hydrogens is 228 g/mol. The molecule has 0 fully saturated rings. The third kappa shape index (κ3) is 3.36. The molecule has 14 heavy (non-hydrogen) atoms. The summed E-state index contributed by atoms with van der Waals surface area (Å²) in [7, 11) is 0. The van der Waals surface area contributed by atoms with E-state index in [0.29, 0.717) is 5.56 Å². The Hall–Kier alpha value is -1.06. The fourth-order valence-corrected chi connectivity index (χ4v) is 0.914. The Labute approximate surface area is 90.3 Å². The molecule has 1 aromatic carbocycles. The summed E-state index contributed by atoms with van der Waals surface area (Å²) < 4.78 is 12.4. The van der Waals surface area contributed by atoms with Crippen LogP contribution in [0.1, 0.15) is 10.4 Å². The minimum atomic E-state index is -0.399. The van der Waals surface area contributed by atoms with E-state index in [1.807, 2.05) is 0 Å². The predicted octanol–water partition coefficient (Wildman–Crippen LogP) is 2.83. The first-order valence-electron chi connectivity index (χ1n) is 3.67. The number of carbonyl (C=O) groups excluding carboxylic acids is 1. The van der Waals surface area contributed by atoms with Gasteiger partial charge in [-0.3, -0.25) is 4.79 Å². The molecule has 1 amide bonds. The molecule has 0 unspecified atom stereocenters. The molecule has 0 saturated carbocycles. The third-order valence-corrected chi connectivity index (χ3v) is 1.64. The Morgan fingerprint density at radius 2 is 1.86 bits per heavy atom. The normalized spacial score (nSPS) is 9.36.